The molecular formula is C15H18ClN3O2. The normalized spacial score (nSPS) is 12.8. The zero-order valence-corrected chi connectivity index (χ0v) is 13.3. The molecule has 2 aromatic rings. The molecule has 0 aliphatic heterocycles. The van der Waals surface area contributed by atoms with E-state index in [0.29, 0.717) is 5.15 Å². The van der Waals surface area contributed by atoms with E-state index >= 15 is 0 Å². The summed E-state index contributed by atoms with van der Waals surface area (Å²) in [6.07, 6.45) is 4.78. The largest absolute Gasteiger partial charge is 0.467 e. The number of aryl methyl sites for hydroxylation is 2. The molecule has 0 saturated carbocycles. The van der Waals surface area contributed by atoms with Crippen LogP contribution in [0.2, 0.25) is 5.15 Å². The SMILES string of the molecule is Cc1nn(C)c(Cl)c1/C=C/C(=O)N(C)C(C)c1ccco1. The quantitative estimate of drug-likeness (QED) is 0.815. The molecule has 0 saturated heterocycles. The van der Waals surface area contributed by atoms with Crippen molar-refractivity contribution in [3.8, 4) is 0 Å². The van der Waals surface area contributed by atoms with Crippen molar-refractivity contribution >= 4 is 23.6 Å². The van der Waals surface area contributed by atoms with Gasteiger partial charge in [0.1, 0.15) is 10.9 Å². The number of rotatable bonds is 4. The maximum absolute atomic E-state index is 12.2. The molecular weight excluding hydrogens is 290 g/mol. The molecule has 1 amide bonds. The van der Waals surface area contributed by atoms with Crippen LogP contribution in [0.4, 0.5) is 0 Å². The average molecular weight is 308 g/mol. The highest BCUT2D eigenvalue weighted by molar-refractivity contribution is 6.31. The molecule has 21 heavy (non-hydrogen) atoms. The van der Waals surface area contributed by atoms with Gasteiger partial charge in [0.15, 0.2) is 0 Å². The van der Waals surface area contributed by atoms with E-state index in [1.165, 1.54) is 6.08 Å². The summed E-state index contributed by atoms with van der Waals surface area (Å²) in [5, 5.41) is 4.72. The van der Waals surface area contributed by atoms with Crippen LogP contribution in [0.3, 0.4) is 0 Å². The Morgan fingerprint density at radius 1 is 1.57 bits per heavy atom. The molecule has 0 spiro atoms. The van der Waals surface area contributed by atoms with Gasteiger partial charge < -0.3 is 9.32 Å². The Bertz CT molecular complexity index is 659. The van der Waals surface area contributed by atoms with Gasteiger partial charge in [-0.05, 0) is 32.1 Å². The highest BCUT2D eigenvalue weighted by atomic mass is 35.5. The van der Waals surface area contributed by atoms with Crippen molar-refractivity contribution in [1.29, 1.82) is 0 Å². The molecule has 5 nitrogen and oxygen atoms in total. The maximum atomic E-state index is 12.2. The van der Waals surface area contributed by atoms with Gasteiger partial charge in [0.25, 0.3) is 0 Å². The van der Waals surface area contributed by atoms with Gasteiger partial charge in [-0.15, -0.1) is 0 Å². The molecule has 2 aromatic heterocycles. The Hall–Kier alpha value is -2.01. The summed E-state index contributed by atoms with van der Waals surface area (Å²) in [5.41, 5.74) is 1.54. The van der Waals surface area contributed by atoms with Crippen LogP contribution in [0.15, 0.2) is 28.9 Å². The van der Waals surface area contributed by atoms with E-state index < -0.39 is 0 Å². The lowest BCUT2D eigenvalue weighted by molar-refractivity contribution is -0.126. The minimum absolute atomic E-state index is 0.127. The van der Waals surface area contributed by atoms with E-state index in [1.54, 1.807) is 42.1 Å². The molecule has 0 fully saturated rings. The van der Waals surface area contributed by atoms with E-state index in [-0.39, 0.29) is 11.9 Å². The van der Waals surface area contributed by atoms with Crippen LogP contribution in [0.25, 0.3) is 6.08 Å². The van der Waals surface area contributed by atoms with Gasteiger partial charge >= 0.3 is 0 Å². The van der Waals surface area contributed by atoms with E-state index in [9.17, 15) is 4.79 Å². The number of halogens is 1. The molecule has 0 bridgehead atoms. The topological polar surface area (TPSA) is 51.3 Å². The number of hydrogen-bond acceptors (Lipinski definition) is 3. The fraction of sp³-hybridized carbons (Fsp3) is 0.333. The van der Waals surface area contributed by atoms with Crippen LogP contribution in [-0.4, -0.2) is 27.6 Å². The van der Waals surface area contributed by atoms with Gasteiger partial charge in [-0.3, -0.25) is 9.48 Å². The molecule has 0 N–H and O–H groups in total. The van der Waals surface area contributed by atoms with E-state index in [4.69, 9.17) is 16.0 Å². The second kappa shape index (κ2) is 6.18. The highest BCUT2D eigenvalue weighted by Gasteiger charge is 2.18. The van der Waals surface area contributed by atoms with Crippen LogP contribution in [-0.2, 0) is 11.8 Å². The zero-order chi connectivity index (χ0) is 15.6. The Balaban J connectivity index is 2.12. The van der Waals surface area contributed by atoms with Gasteiger partial charge in [0, 0.05) is 25.7 Å². The molecule has 6 heteroatoms. The third kappa shape index (κ3) is 3.19. The maximum Gasteiger partial charge on any atom is 0.246 e. The molecule has 0 aliphatic carbocycles. The molecule has 1 unspecified atom stereocenters. The molecule has 1 atom stereocenters. The first-order valence-electron chi connectivity index (χ1n) is 6.59. The lowest BCUT2D eigenvalue weighted by Gasteiger charge is -2.21. The van der Waals surface area contributed by atoms with E-state index in [2.05, 4.69) is 5.10 Å². The number of nitrogens with zero attached hydrogens (tertiary/aromatic N) is 3. The van der Waals surface area contributed by atoms with Crippen LogP contribution in [0, 0.1) is 6.92 Å². The molecule has 0 aromatic carbocycles. The van der Waals surface area contributed by atoms with Crippen LogP contribution < -0.4 is 0 Å². The van der Waals surface area contributed by atoms with Crippen LogP contribution in [0.5, 0.6) is 0 Å². The lowest BCUT2D eigenvalue weighted by Crippen LogP contribution is -2.27. The summed E-state index contributed by atoms with van der Waals surface area (Å²) in [5.74, 6) is 0.619. The number of carbonyl (C=O) groups is 1. The Kier molecular flexibility index (Phi) is 4.53. The number of hydrogen-bond donors (Lipinski definition) is 0. The molecule has 0 aliphatic rings. The third-order valence-electron chi connectivity index (χ3n) is 3.47. The van der Waals surface area contributed by atoms with Crippen LogP contribution in [0.1, 0.15) is 30.0 Å². The highest BCUT2D eigenvalue weighted by Crippen LogP contribution is 2.22. The smallest absolute Gasteiger partial charge is 0.246 e. The van der Waals surface area contributed by atoms with Crippen molar-refractivity contribution in [2.24, 2.45) is 7.05 Å². The molecule has 0 radical (unpaired) electrons. The zero-order valence-electron chi connectivity index (χ0n) is 12.5. The number of amides is 1. The van der Waals surface area contributed by atoms with Crippen molar-refractivity contribution in [3.63, 3.8) is 0 Å². The van der Waals surface area contributed by atoms with Gasteiger partial charge in [0.05, 0.1) is 18.0 Å². The number of furan rings is 1. The van der Waals surface area contributed by atoms with Crippen LogP contribution >= 0.6 is 11.6 Å². The van der Waals surface area contributed by atoms with Crippen molar-refractivity contribution in [2.75, 3.05) is 7.05 Å². The van der Waals surface area contributed by atoms with Crippen molar-refractivity contribution in [1.82, 2.24) is 14.7 Å². The van der Waals surface area contributed by atoms with E-state index in [1.807, 2.05) is 19.9 Å². The second-order valence-electron chi connectivity index (χ2n) is 4.89. The molecule has 112 valence electrons. The summed E-state index contributed by atoms with van der Waals surface area (Å²) in [4.78, 5) is 13.8. The number of aromatic nitrogens is 2. The van der Waals surface area contributed by atoms with Gasteiger partial charge in [-0.25, -0.2) is 0 Å². The minimum atomic E-state index is -0.136. The summed E-state index contributed by atoms with van der Waals surface area (Å²) in [7, 11) is 3.50. The first kappa shape index (κ1) is 15.4. The predicted molar refractivity (Wildman–Crippen MR) is 81.9 cm³/mol. The third-order valence-corrected chi connectivity index (χ3v) is 3.92. The summed E-state index contributed by atoms with van der Waals surface area (Å²) >= 11 is 6.13. The van der Waals surface area contributed by atoms with Gasteiger partial charge in [0.2, 0.25) is 5.91 Å². The fourth-order valence-corrected chi connectivity index (χ4v) is 2.26. The summed E-state index contributed by atoms with van der Waals surface area (Å²) in [6, 6.07) is 3.52. The average Bonchev–Trinajstić information content (AvgIpc) is 3.06. The second-order valence-corrected chi connectivity index (χ2v) is 5.25. The predicted octanol–water partition coefficient (Wildman–Crippen LogP) is 3.21. The fourth-order valence-electron chi connectivity index (χ4n) is 2.02. The molecule has 2 heterocycles. The first-order valence-corrected chi connectivity index (χ1v) is 6.97. The van der Waals surface area contributed by atoms with Crippen molar-refractivity contribution in [3.05, 3.63) is 46.6 Å². The number of likely N-dealkylation sites (N-methyl/N-ethyl adjacent to an activating group) is 1. The minimum Gasteiger partial charge on any atom is -0.467 e. The van der Waals surface area contributed by atoms with E-state index in [0.717, 1.165) is 17.0 Å². The summed E-state index contributed by atoms with van der Waals surface area (Å²) in [6.45, 7) is 3.76. The standard InChI is InChI=1S/C15H18ClN3O2/c1-10-12(15(16)19(4)17-10)7-8-14(20)18(3)11(2)13-6-5-9-21-13/h5-9,11H,1-4H3/b8-7+. The van der Waals surface area contributed by atoms with Gasteiger partial charge in [-0.1, -0.05) is 11.6 Å². The monoisotopic (exact) mass is 307 g/mol. The summed E-state index contributed by atoms with van der Waals surface area (Å²) < 4.78 is 6.90. The lowest BCUT2D eigenvalue weighted by atomic mass is 10.2. The Labute approximate surface area is 128 Å². The van der Waals surface area contributed by atoms with Crippen molar-refractivity contribution < 1.29 is 9.21 Å². The van der Waals surface area contributed by atoms with Gasteiger partial charge in [-0.2, -0.15) is 5.10 Å². The Morgan fingerprint density at radius 2 is 2.29 bits per heavy atom. The molecule has 2 rings (SSSR count). The Morgan fingerprint density at radius 3 is 2.81 bits per heavy atom. The first-order chi connectivity index (χ1) is 9.91. The number of carbonyl (C=O) groups excluding carboxylic acids is 1. The van der Waals surface area contributed by atoms with Crippen molar-refractivity contribution in [2.45, 2.75) is 19.9 Å².